The smallest absolute Gasteiger partial charge is 0.0487 e. The van der Waals surface area contributed by atoms with Gasteiger partial charge >= 0.3 is 0 Å². The zero-order valence-electron chi connectivity index (χ0n) is 10.9. The minimum atomic E-state index is 0.736. The molecule has 0 aliphatic rings. The van der Waals surface area contributed by atoms with Gasteiger partial charge in [-0.05, 0) is 42.3 Å². The van der Waals surface area contributed by atoms with Gasteiger partial charge in [0, 0.05) is 22.2 Å². The molecule has 0 saturated heterocycles. The van der Waals surface area contributed by atoms with E-state index in [0.29, 0.717) is 0 Å². The van der Waals surface area contributed by atoms with E-state index in [2.05, 4.69) is 24.4 Å². The van der Waals surface area contributed by atoms with Crippen molar-refractivity contribution < 1.29 is 0 Å². The van der Waals surface area contributed by atoms with Crippen LogP contribution in [0.15, 0.2) is 42.5 Å². The summed E-state index contributed by atoms with van der Waals surface area (Å²) in [6.45, 7) is 4.04. The Hall–Kier alpha value is -1.02. The summed E-state index contributed by atoms with van der Waals surface area (Å²) < 4.78 is 0. The van der Waals surface area contributed by atoms with Gasteiger partial charge in [-0.1, -0.05) is 54.4 Å². The van der Waals surface area contributed by atoms with E-state index in [4.69, 9.17) is 23.2 Å². The molecular weight excluding hydrogens is 277 g/mol. The fourth-order valence-electron chi connectivity index (χ4n) is 1.94. The van der Waals surface area contributed by atoms with Crippen LogP contribution in [-0.2, 0) is 6.54 Å². The molecule has 0 heterocycles. The Morgan fingerprint density at radius 3 is 2.37 bits per heavy atom. The second-order valence-electron chi connectivity index (χ2n) is 4.50. The molecule has 1 nitrogen and oxygen atoms in total. The van der Waals surface area contributed by atoms with E-state index < -0.39 is 0 Å². The topological polar surface area (TPSA) is 12.0 Å². The number of rotatable bonds is 5. The SMILES string of the molecule is CCCNCc1ccc(-c2ccc(Cl)cc2)c(Cl)c1. The highest BCUT2D eigenvalue weighted by atomic mass is 35.5. The fourth-order valence-corrected chi connectivity index (χ4v) is 2.38. The molecule has 19 heavy (non-hydrogen) atoms. The molecule has 0 aliphatic heterocycles. The van der Waals surface area contributed by atoms with Gasteiger partial charge in [0.2, 0.25) is 0 Å². The molecule has 0 aliphatic carbocycles. The van der Waals surface area contributed by atoms with E-state index >= 15 is 0 Å². The molecule has 0 radical (unpaired) electrons. The van der Waals surface area contributed by atoms with Crippen LogP contribution in [0.4, 0.5) is 0 Å². The van der Waals surface area contributed by atoms with Crippen LogP contribution < -0.4 is 5.32 Å². The maximum absolute atomic E-state index is 6.36. The van der Waals surface area contributed by atoms with E-state index in [1.807, 2.05) is 30.3 Å². The first-order valence-electron chi connectivity index (χ1n) is 6.46. The molecule has 2 aromatic carbocycles. The number of halogens is 2. The molecule has 1 N–H and O–H groups in total. The summed E-state index contributed by atoms with van der Waals surface area (Å²) in [6.07, 6.45) is 1.14. The van der Waals surface area contributed by atoms with Gasteiger partial charge in [0.05, 0.1) is 0 Å². The second-order valence-corrected chi connectivity index (χ2v) is 5.34. The average molecular weight is 294 g/mol. The third-order valence-corrected chi connectivity index (χ3v) is 3.51. The molecule has 0 aromatic heterocycles. The molecule has 0 unspecified atom stereocenters. The molecule has 0 spiro atoms. The molecule has 100 valence electrons. The zero-order chi connectivity index (χ0) is 13.7. The van der Waals surface area contributed by atoms with Crippen molar-refractivity contribution in [3.05, 3.63) is 58.1 Å². The highest BCUT2D eigenvalue weighted by Crippen LogP contribution is 2.29. The van der Waals surface area contributed by atoms with Gasteiger partial charge in [-0.25, -0.2) is 0 Å². The fraction of sp³-hybridized carbons (Fsp3) is 0.250. The molecule has 0 fully saturated rings. The van der Waals surface area contributed by atoms with Gasteiger partial charge < -0.3 is 5.32 Å². The van der Waals surface area contributed by atoms with Crippen molar-refractivity contribution in [1.29, 1.82) is 0 Å². The Morgan fingerprint density at radius 1 is 1.00 bits per heavy atom. The van der Waals surface area contributed by atoms with Crippen LogP contribution in [-0.4, -0.2) is 6.54 Å². The number of benzene rings is 2. The van der Waals surface area contributed by atoms with Crippen molar-refractivity contribution in [1.82, 2.24) is 5.32 Å². The van der Waals surface area contributed by atoms with Crippen LogP contribution in [0, 0.1) is 0 Å². The average Bonchev–Trinajstić information content (AvgIpc) is 2.41. The predicted octanol–water partition coefficient (Wildman–Crippen LogP) is 5.16. The minimum absolute atomic E-state index is 0.736. The monoisotopic (exact) mass is 293 g/mol. The van der Waals surface area contributed by atoms with Crippen LogP contribution in [0.1, 0.15) is 18.9 Å². The number of nitrogens with one attached hydrogen (secondary N) is 1. The van der Waals surface area contributed by atoms with Crippen molar-refractivity contribution in [3.63, 3.8) is 0 Å². The van der Waals surface area contributed by atoms with E-state index in [-0.39, 0.29) is 0 Å². The molecular formula is C16H17Cl2N. The Morgan fingerprint density at radius 2 is 1.74 bits per heavy atom. The Balaban J connectivity index is 2.17. The highest BCUT2D eigenvalue weighted by molar-refractivity contribution is 6.33. The minimum Gasteiger partial charge on any atom is -0.313 e. The molecule has 0 amide bonds. The lowest BCUT2D eigenvalue weighted by Gasteiger charge is -2.08. The molecule has 0 saturated carbocycles. The molecule has 0 bridgehead atoms. The van der Waals surface area contributed by atoms with Crippen LogP contribution in [0.2, 0.25) is 10.0 Å². The third-order valence-electron chi connectivity index (χ3n) is 2.94. The maximum atomic E-state index is 6.36. The Bertz CT molecular complexity index is 535. The van der Waals surface area contributed by atoms with Crippen molar-refractivity contribution in [2.75, 3.05) is 6.54 Å². The van der Waals surface area contributed by atoms with Crippen LogP contribution in [0.3, 0.4) is 0 Å². The van der Waals surface area contributed by atoms with E-state index in [0.717, 1.165) is 40.7 Å². The van der Waals surface area contributed by atoms with Gasteiger partial charge in [0.1, 0.15) is 0 Å². The Labute approximate surface area is 124 Å². The zero-order valence-corrected chi connectivity index (χ0v) is 12.4. The van der Waals surface area contributed by atoms with Crippen LogP contribution in [0.5, 0.6) is 0 Å². The number of hydrogen-bond donors (Lipinski definition) is 1. The van der Waals surface area contributed by atoms with E-state index in [9.17, 15) is 0 Å². The van der Waals surface area contributed by atoms with Gasteiger partial charge in [0.25, 0.3) is 0 Å². The summed E-state index contributed by atoms with van der Waals surface area (Å²) in [4.78, 5) is 0. The highest BCUT2D eigenvalue weighted by Gasteiger charge is 2.04. The summed E-state index contributed by atoms with van der Waals surface area (Å²) in [6, 6.07) is 13.9. The maximum Gasteiger partial charge on any atom is 0.0487 e. The van der Waals surface area contributed by atoms with Gasteiger partial charge in [-0.15, -0.1) is 0 Å². The van der Waals surface area contributed by atoms with E-state index in [1.165, 1.54) is 5.56 Å². The second kappa shape index (κ2) is 6.95. The first-order chi connectivity index (χ1) is 9.20. The normalized spacial score (nSPS) is 10.7. The summed E-state index contributed by atoms with van der Waals surface area (Å²) in [5, 5.41) is 4.88. The number of hydrogen-bond acceptors (Lipinski definition) is 1. The molecule has 3 heteroatoms. The molecule has 0 atom stereocenters. The molecule has 2 rings (SSSR count). The lowest BCUT2D eigenvalue weighted by Crippen LogP contribution is -2.13. The summed E-state index contributed by atoms with van der Waals surface area (Å²) in [7, 11) is 0. The van der Waals surface area contributed by atoms with Crippen molar-refractivity contribution in [2.45, 2.75) is 19.9 Å². The van der Waals surface area contributed by atoms with Crippen molar-refractivity contribution >= 4 is 23.2 Å². The summed E-state index contributed by atoms with van der Waals surface area (Å²) >= 11 is 12.2. The van der Waals surface area contributed by atoms with Gasteiger partial charge in [-0.2, -0.15) is 0 Å². The standard InChI is InChI=1S/C16H17Cl2N/c1-2-9-19-11-12-3-8-15(16(18)10-12)13-4-6-14(17)7-5-13/h3-8,10,19H,2,9,11H2,1H3. The lowest BCUT2D eigenvalue weighted by atomic mass is 10.0. The van der Waals surface area contributed by atoms with Crippen molar-refractivity contribution in [2.24, 2.45) is 0 Å². The summed E-state index contributed by atoms with van der Waals surface area (Å²) in [5.74, 6) is 0. The molecule has 2 aromatic rings. The van der Waals surface area contributed by atoms with Gasteiger partial charge in [0.15, 0.2) is 0 Å². The largest absolute Gasteiger partial charge is 0.313 e. The Kier molecular flexibility index (Phi) is 5.26. The van der Waals surface area contributed by atoms with E-state index in [1.54, 1.807) is 0 Å². The third kappa shape index (κ3) is 3.97. The summed E-state index contributed by atoms with van der Waals surface area (Å²) in [5.41, 5.74) is 3.33. The van der Waals surface area contributed by atoms with Crippen LogP contribution >= 0.6 is 23.2 Å². The first kappa shape index (κ1) is 14.4. The quantitative estimate of drug-likeness (QED) is 0.751. The lowest BCUT2D eigenvalue weighted by molar-refractivity contribution is 0.675. The first-order valence-corrected chi connectivity index (χ1v) is 7.21. The predicted molar refractivity (Wildman–Crippen MR) is 83.9 cm³/mol. The van der Waals surface area contributed by atoms with Gasteiger partial charge in [-0.3, -0.25) is 0 Å². The van der Waals surface area contributed by atoms with Crippen molar-refractivity contribution in [3.8, 4) is 11.1 Å². The van der Waals surface area contributed by atoms with Crippen LogP contribution in [0.25, 0.3) is 11.1 Å².